The highest BCUT2D eigenvalue weighted by molar-refractivity contribution is 7.91. The second-order valence-corrected chi connectivity index (χ2v) is 9.46. The Balaban J connectivity index is 1.54. The van der Waals surface area contributed by atoms with Gasteiger partial charge in [-0.05, 0) is 20.3 Å². The third-order valence-electron chi connectivity index (χ3n) is 4.78. The first-order valence-electron chi connectivity index (χ1n) is 9.34. The number of hydrogen-bond donors (Lipinski definition) is 1. The van der Waals surface area contributed by atoms with E-state index in [-0.39, 0.29) is 30.0 Å². The van der Waals surface area contributed by atoms with Gasteiger partial charge in [-0.1, -0.05) is 30.3 Å². The van der Waals surface area contributed by atoms with Crippen LogP contribution < -0.4 is 5.32 Å². The Kier molecular flexibility index (Phi) is 4.95. The van der Waals surface area contributed by atoms with Gasteiger partial charge < -0.3 is 5.32 Å². The molecule has 1 fully saturated rings. The summed E-state index contributed by atoms with van der Waals surface area (Å²) in [5, 5.41) is 11.6. The Bertz CT molecular complexity index is 1150. The van der Waals surface area contributed by atoms with E-state index >= 15 is 0 Å². The van der Waals surface area contributed by atoms with Crippen LogP contribution in [0.5, 0.6) is 0 Å². The van der Waals surface area contributed by atoms with Gasteiger partial charge in [0, 0.05) is 11.6 Å². The van der Waals surface area contributed by atoms with Crippen molar-refractivity contribution in [3.63, 3.8) is 0 Å². The Morgan fingerprint density at radius 3 is 2.66 bits per heavy atom. The molecule has 1 atom stereocenters. The van der Waals surface area contributed by atoms with Crippen molar-refractivity contribution in [1.29, 1.82) is 0 Å². The van der Waals surface area contributed by atoms with E-state index in [9.17, 15) is 13.2 Å². The van der Waals surface area contributed by atoms with Crippen LogP contribution in [0.1, 0.15) is 24.0 Å². The molecule has 0 spiro atoms. The first-order chi connectivity index (χ1) is 13.8. The van der Waals surface area contributed by atoms with E-state index in [4.69, 9.17) is 0 Å². The maximum absolute atomic E-state index is 12.7. The molecular formula is C19H22N6O3S. The van der Waals surface area contributed by atoms with Crippen molar-refractivity contribution in [3.8, 4) is 11.4 Å². The van der Waals surface area contributed by atoms with Crippen LogP contribution >= 0.6 is 0 Å². The predicted octanol–water partition coefficient (Wildman–Crippen LogP) is 1.76. The monoisotopic (exact) mass is 414 g/mol. The Morgan fingerprint density at radius 1 is 1.21 bits per heavy atom. The molecule has 0 saturated carbocycles. The molecule has 1 N–H and O–H groups in total. The summed E-state index contributed by atoms with van der Waals surface area (Å²) in [6.45, 7) is 3.57. The number of sulfone groups is 1. The number of aromatic nitrogens is 5. The highest BCUT2D eigenvalue weighted by Crippen LogP contribution is 2.27. The third-order valence-corrected chi connectivity index (χ3v) is 6.53. The molecule has 1 aliphatic heterocycles. The number of rotatable bonds is 5. The minimum atomic E-state index is -3.06. The van der Waals surface area contributed by atoms with Crippen molar-refractivity contribution < 1.29 is 13.2 Å². The molecule has 1 saturated heterocycles. The smallest absolute Gasteiger partial charge is 0.247 e. The molecule has 3 heterocycles. The number of carbonyl (C=O) groups excluding carboxylic acids is 1. The van der Waals surface area contributed by atoms with Crippen LogP contribution in [0.4, 0.5) is 5.82 Å². The molecule has 2 aromatic heterocycles. The zero-order chi connectivity index (χ0) is 20.6. The Hall–Kier alpha value is -3.01. The van der Waals surface area contributed by atoms with Gasteiger partial charge in [-0.2, -0.15) is 10.2 Å². The summed E-state index contributed by atoms with van der Waals surface area (Å²) in [5.74, 6) is 1.58. The third kappa shape index (κ3) is 4.21. The molecule has 9 nitrogen and oxygen atoms in total. The fraction of sp³-hybridized carbons (Fsp3) is 0.368. The minimum absolute atomic E-state index is 0.0156. The maximum atomic E-state index is 12.7. The number of carbonyl (C=O) groups is 1. The summed E-state index contributed by atoms with van der Waals surface area (Å²) >= 11 is 0. The van der Waals surface area contributed by atoms with Gasteiger partial charge in [0.05, 0.1) is 23.2 Å². The van der Waals surface area contributed by atoms with Crippen LogP contribution in [0.15, 0.2) is 36.4 Å². The molecule has 1 unspecified atom stereocenters. The lowest BCUT2D eigenvalue weighted by atomic mass is 10.2. The fourth-order valence-electron chi connectivity index (χ4n) is 3.54. The van der Waals surface area contributed by atoms with Gasteiger partial charge in [-0.3, -0.25) is 4.79 Å². The summed E-state index contributed by atoms with van der Waals surface area (Å²) in [4.78, 5) is 17.1. The SMILES string of the molecule is Cc1cc(NC(=O)Cn2nc(C)nc2-c2ccccc2)n(C2CCS(=O)(=O)C2)n1. The van der Waals surface area contributed by atoms with Crippen molar-refractivity contribution in [1.82, 2.24) is 24.5 Å². The number of anilines is 1. The lowest BCUT2D eigenvalue weighted by Crippen LogP contribution is -2.23. The predicted molar refractivity (Wildman–Crippen MR) is 108 cm³/mol. The average molecular weight is 414 g/mol. The van der Waals surface area contributed by atoms with Crippen LogP contribution in [-0.4, -0.2) is 50.4 Å². The molecule has 1 aromatic carbocycles. The van der Waals surface area contributed by atoms with Gasteiger partial charge >= 0.3 is 0 Å². The van der Waals surface area contributed by atoms with Gasteiger partial charge in [0.25, 0.3) is 0 Å². The van der Waals surface area contributed by atoms with Gasteiger partial charge in [0.15, 0.2) is 15.7 Å². The molecule has 0 bridgehead atoms. The number of hydrogen-bond acceptors (Lipinski definition) is 6. The van der Waals surface area contributed by atoms with Crippen LogP contribution in [-0.2, 0) is 21.2 Å². The normalized spacial score (nSPS) is 18.1. The quantitative estimate of drug-likeness (QED) is 0.681. The van der Waals surface area contributed by atoms with E-state index in [0.29, 0.717) is 29.6 Å². The molecule has 1 aliphatic rings. The number of aryl methyl sites for hydroxylation is 2. The molecule has 0 radical (unpaired) electrons. The van der Waals surface area contributed by atoms with Gasteiger partial charge in [-0.25, -0.2) is 22.8 Å². The maximum Gasteiger partial charge on any atom is 0.247 e. The standard InChI is InChI=1S/C19H22N6O3S/c1-13-10-17(25(22-13)16-8-9-29(27,28)12-16)21-18(26)11-24-19(20-14(2)23-24)15-6-4-3-5-7-15/h3-7,10,16H,8-9,11-12H2,1-2H3,(H,21,26). The average Bonchev–Trinajstić information content (AvgIpc) is 3.32. The minimum Gasteiger partial charge on any atom is -0.309 e. The molecule has 10 heteroatoms. The lowest BCUT2D eigenvalue weighted by molar-refractivity contribution is -0.116. The summed E-state index contributed by atoms with van der Waals surface area (Å²) in [5.41, 5.74) is 1.59. The van der Waals surface area contributed by atoms with Crippen molar-refractivity contribution in [2.75, 3.05) is 16.8 Å². The van der Waals surface area contributed by atoms with E-state index in [1.807, 2.05) is 37.3 Å². The van der Waals surface area contributed by atoms with Crippen LogP contribution in [0.25, 0.3) is 11.4 Å². The zero-order valence-electron chi connectivity index (χ0n) is 16.2. The van der Waals surface area contributed by atoms with E-state index in [2.05, 4.69) is 20.5 Å². The Labute approximate surface area is 168 Å². The zero-order valence-corrected chi connectivity index (χ0v) is 17.1. The summed E-state index contributed by atoms with van der Waals surface area (Å²) in [7, 11) is -3.06. The van der Waals surface area contributed by atoms with Crippen LogP contribution in [0.3, 0.4) is 0 Å². The van der Waals surface area contributed by atoms with E-state index in [0.717, 1.165) is 5.56 Å². The second kappa shape index (κ2) is 7.43. The number of benzene rings is 1. The molecule has 0 aliphatic carbocycles. The number of nitrogens with zero attached hydrogens (tertiary/aromatic N) is 5. The second-order valence-electron chi connectivity index (χ2n) is 7.23. The van der Waals surface area contributed by atoms with Crippen LogP contribution in [0.2, 0.25) is 0 Å². The lowest BCUT2D eigenvalue weighted by Gasteiger charge is -2.14. The number of nitrogens with one attached hydrogen (secondary N) is 1. The van der Waals surface area contributed by atoms with E-state index in [1.165, 1.54) is 0 Å². The molecule has 29 heavy (non-hydrogen) atoms. The Morgan fingerprint density at radius 2 is 1.97 bits per heavy atom. The highest BCUT2D eigenvalue weighted by atomic mass is 32.2. The van der Waals surface area contributed by atoms with Crippen LogP contribution in [0, 0.1) is 13.8 Å². The van der Waals surface area contributed by atoms with Crippen molar-refractivity contribution >= 4 is 21.6 Å². The summed E-state index contributed by atoms with van der Waals surface area (Å²) < 4.78 is 26.8. The molecule has 1 amide bonds. The van der Waals surface area contributed by atoms with Crippen molar-refractivity contribution in [3.05, 3.63) is 47.9 Å². The number of amides is 1. The first-order valence-corrected chi connectivity index (χ1v) is 11.2. The van der Waals surface area contributed by atoms with Crippen molar-refractivity contribution in [2.24, 2.45) is 0 Å². The van der Waals surface area contributed by atoms with E-state index in [1.54, 1.807) is 22.4 Å². The summed E-state index contributed by atoms with van der Waals surface area (Å²) in [6.07, 6.45) is 0.493. The largest absolute Gasteiger partial charge is 0.309 e. The molecular weight excluding hydrogens is 392 g/mol. The first kappa shape index (κ1) is 19.3. The van der Waals surface area contributed by atoms with Gasteiger partial charge in [0.2, 0.25) is 5.91 Å². The van der Waals surface area contributed by atoms with Gasteiger partial charge in [0.1, 0.15) is 18.2 Å². The highest BCUT2D eigenvalue weighted by Gasteiger charge is 2.31. The molecule has 3 aromatic rings. The van der Waals surface area contributed by atoms with Crippen molar-refractivity contribution in [2.45, 2.75) is 32.9 Å². The topological polar surface area (TPSA) is 112 Å². The molecule has 152 valence electrons. The van der Waals surface area contributed by atoms with Gasteiger partial charge in [-0.15, -0.1) is 0 Å². The molecule has 4 rings (SSSR count). The van der Waals surface area contributed by atoms with E-state index < -0.39 is 9.84 Å². The fourth-order valence-corrected chi connectivity index (χ4v) is 5.23. The summed E-state index contributed by atoms with van der Waals surface area (Å²) in [6, 6.07) is 11.0.